The van der Waals surface area contributed by atoms with Gasteiger partial charge in [-0.3, -0.25) is 4.79 Å². The molecule has 0 saturated heterocycles. The smallest absolute Gasteiger partial charge is 0.338 e. The van der Waals surface area contributed by atoms with Crippen LogP contribution in [0.2, 0.25) is 18.1 Å². The SMILES string of the molecule is CCOC(=O)C1=C(N[Si](C)(C)C(C)(C)C)C(=O)N(C)C1. The summed E-state index contributed by atoms with van der Waals surface area (Å²) in [4.78, 5) is 29.2. The number of amides is 1. The Hall–Kier alpha value is -1.30. The van der Waals surface area contributed by atoms with Crippen LogP contribution in [0, 0.1) is 0 Å². The van der Waals surface area contributed by atoms with Crippen molar-refractivity contribution in [2.45, 2.75) is 45.8 Å². The molecular weight excluding hydrogens is 272 g/mol. The van der Waals surface area contributed by atoms with Gasteiger partial charge in [0.25, 0.3) is 5.91 Å². The zero-order valence-electron chi connectivity index (χ0n) is 13.6. The maximum absolute atomic E-state index is 12.2. The minimum absolute atomic E-state index is 0.0706. The van der Waals surface area contributed by atoms with Crippen molar-refractivity contribution in [3.63, 3.8) is 0 Å². The van der Waals surface area contributed by atoms with E-state index in [4.69, 9.17) is 4.74 Å². The Labute approximate surface area is 122 Å². The van der Waals surface area contributed by atoms with Crippen LogP contribution in [0.5, 0.6) is 0 Å². The zero-order chi connectivity index (χ0) is 15.7. The lowest BCUT2D eigenvalue weighted by Gasteiger charge is -2.38. The molecule has 0 fully saturated rings. The lowest BCUT2D eigenvalue weighted by Crippen LogP contribution is -2.53. The van der Waals surface area contributed by atoms with Gasteiger partial charge in [0.05, 0.1) is 18.7 Å². The molecule has 0 radical (unpaired) electrons. The molecule has 114 valence electrons. The van der Waals surface area contributed by atoms with E-state index >= 15 is 0 Å². The third-order valence-electron chi connectivity index (χ3n) is 4.09. The fraction of sp³-hybridized carbons (Fsp3) is 0.714. The second-order valence-corrected chi connectivity index (χ2v) is 11.7. The molecule has 6 heteroatoms. The Morgan fingerprint density at radius 2 is 1.95 bits per heavy atom. The Bertz CT molecular complexity index is 450. The molecule has 1 aliphatic rings. The lowest BCUT2D eigenvalue weighted by atomic mass is 10.2. The molecule has 0 aromatic rings. The highest BCUT2D eigenvalue weighted by Gasteiger charge is 2.41. The predicted octanol–water partition coefficient (Wildman–Crippen LogP) is 1.87. The molecule has 0 unspecified atom stereocenters. The van der Waals surface area contributed by atoms with Crippen molar-refractivity contribution in [1.82, 2.24) is 9.88 Å². The molecule has 0 aromatic carbocycles. The topological polar surface area (TPSA) is 58.6 Å². The van der Waals surface area contributed by atoms with Crippen molar-refractivity contribution in [2.75, 3.05) is 20.2 Å². The Morgan fingerprint density at radius 3 is 2.40 bits per heavy atom. The summed E-state index contributed by atoms with van der Waals surface area (Å²) in [5.41, 5.74) is 0.877. The Balaban J connectivity index is 3.12. The quantitative estimate of drug-likeness (QED) is 0.636. The molecule has 0 aromatic heterocycles. The number of nitrogens with zero attached hydrogens (tertiary/aromatic N) is 1. The zero-order valence-corrected chi connectivity index (χ0v) is 14.6. The van der Waals surface area contributed by atoms with E-state index < -0.39 is 14.2 Å². The lowest BCUT2D eigenvalue weighted by molar-refractivity contribution is -0.138. The van der Waals surface area contributed by atoms with Crippen LogP contribution < -0.4 is 4.98 Å². The maximum atomic E-state index is 12.2. The number of rotatable bonds is 4. The second-order valence-electron chi connectivity index (χ2n) is 6.74. The van der Waals surface area contributed by atoms with Gasteiger partial charge in [0.1, 0.15) is 5.70 Å². The first-order valence-corrected chi connectivity index (χ1v) is 9.95. The molecule has 0 bridgehead atoms. The van der Waals surface area contributed by atoms with Crippen LogP contribution in [-0.2, 0) is 14.3 Å². The molecule has 1 rings (SSSR count). The summed E-state index contributed by atoms with van der Waals surface area (Å²) in [6, 6.07) is 0. The first-order valence-electron chi connectivity index (χ1n) is 6.95. The number of carbonyl (C=O) groups excluding carboxylic acids is 2. The van der Waals surface area contributed by atoms with Crippen LogP contribution in [0.1, 0.15) is 27.7 Å². The highest BCUT2D eigenvalue weighted by Crippen LogP contribution is 2.35. The summed E-state index contributed by atoms with van der Waals surface area (Å²) >= 11 is 0. The average Bonchev–Trinajstić information content (AvgIpc) is 2.56. The van der Waals surface area contributed by atoms with Crippen LogP contribution in [0.25, 0.3) is 0 Å². The molecule has 20 heavy (non-hydrogen) atoms. The number of ether oxygens (including phenoxy) is 1. The van der Waals surface area contributed by atoms with Crippen molar-refractivity contribution in [1.29, 1.82) is 0 Å². The van der Waals surface area contributed by atoms with Crippen LogP contribution >= 0.6 is 0 Å². The van der Waals surface area contributed by atoms with Gasteiger partial charge in [-0.15, -0.1) is 0 Å². The van der Waals surface area contributed by atoms with Crippen molar-refractivity contribution in [3.05, 3.63) is 11.3 Å². The maximum Gasteiger partial charge on any atom is 0.338 e. The molecule has 0 atom stereocenters. The Kier molecular flexibility index (Phi) is 4.69. The number of carbonyl (C=O) groups is 2. The number of hydrogen-bond donors (Lipinski definition) is 1. The van der Waals surface area contributed by atoms with Crippen molar-refractivity contribution >= 4 is 20.1 Å². The van der Waals surface area contributed by atoms with E-state index in [-0.39, 0.29) is 10.9 Å². The van der Waals surface area contributed by atoms with Gasteiger partial charge in [0.15, 0.2) is 8.24 Å². The standard InChI is InChI=1S/C14H26N2O3Si/c1-8-19-13(18)10-9-16(5)12(17)11(10)15-20(6,7)14(2,3)4/h15H,8-9H2,1-7H3. The summed E-state index contributed by atoms with van der Waals surface area (Å²) in [7, 11) is -0.219. The van der Waals surface area contributed by atoms with Crippen molar-refractivity contribution in [2.24, 2.45) is 0 Å². The van der Waals surface area contributed by atoms with Gasteiger partial charge in [-0.25, -0.2) is 4.79 Å². The van der Waals surface area contributed by atoms with Gasteiger partial charge in [-0.05, 0) is 12.0 Å². The molecule has 1 amide bonds. The molecule has 0 saturated carbocycles. The molecule has 1 heterocycles. The van der Waals surface area contributed by atoms with Gasteiger partial charge >= 0.3 is 5.97 Å². The van der Waals surface area contributed by atoms with E-state index in [2.05, 4.69) is 38.8 Å². The van der Waals surface area contributed by atoms with E-state index in [1.807, 2.05) is 0 Å². The number of likely N-dealkylation sites (N-methyl/N-ethyl adjacent to an activating group) is 1. The monoisotopic (exact) mass is 298 g/mol. The third-order valence-corrected chi connectivity index (χ3v) is 8.72. The van der Waals surface area contributed by atoms with Gasteiger partial charge in [0.2, 0.25) is 0 Å². The third kappa shape index (κ3) is 3.23. The van der Waals surface area contributed by atoms with E-state index in [9.17, 15) is 9.59 Å². The van der Waals surface area contributed by atoms with E-state index in [1.165, 1.54) is 0 Å². The average molecular weight is 298 g/mol. The number of nitrogens with one attached hydrogen (secondary N) is 1. The van der Waals surface area contributed by atoms with Gasteiger partial charge in [-0.1, -0.05) is 33.9 Å². The molecule has 5 nitrogen and oxygen atoms in total. The summed E-state index contributed by atoms with van der Waals surface area (Å²) in [6.45, 7) is 13.2. The number of hydrogen-bond acceptors (Lipinski definition) is 4. The number of esters is 1. The molecule has 1 N–H and O–H groups in total. The van der Waals surface area contributed by atoms with Crippen LogP contribution in [0.15, 0.2) is 11.3 Å². The molecule has 0 spiro atoms. The van der Waals surface area contributed by atoms with Gasteiger partial charge in [-0.2, -0.15) is 0 Å². The predicted molar refractivity (Wildman–Crippen MR) is 81.6 cm³/mol. The van der Waals surface area contributed by atoms with E-state index in [0.717, 1.165) is 0 Å². The minimum Gasteiger partial charge on any atom is -0.463 e. The van der Waals surface area contributed by atoms with Crippen molar-refractivity contribution in [3.8, 4) is 0 Å². The van der Waals surface area contributed by atoms with E-state index in [1.54, 1.807) is 18.9 Å². The largest absolute Gasteiger partial charge is 0.463 e. The first kappa shape index (κ1) is 16.8. The van der Waals surface area contributed by atoms with Gasteiger partial charge in [0, 0.05) is 7.05 Å². The fourth-order valence-corrected chi connectivity index (χ4v) is 2.98. The summed E-state index contributed by atoms with van der Waals surface area (Å²) in [5, 5.41) is 0.0706. The van der Waals surface area contributed by atoms with Crippen molar-refractivity contribution < 1.29 is 14.3 Å². The minimum atomic E-state index is -1.92. The summed E-state index contributed by atoms with van der Waals surface area (Å²) < 4.78 is 5.05. The second kappa shape index (κ2) is 5.59. The highest BCUT2D eigenvalue weighted by molar-refractivity contribution is 6.78. The molecule has 1 aliphatic heterocycles. The van der Waals surface area contributed by atoms with E-state index in [0.29, 0.717) is 24.4 Å². The summed E-state index contributed by atoms with van der Waals surface area (Å²) in [6.07, 6.45) is 0. The Morgan fingerprint density at radius 1 is 1.40 bits per heavy atom. The fourth-order valence-electron chi connectivity index (χ4n) is 1.72. The first-order chi connectivity index (χ1) is 9.01. The van der Waals surface area contributed by atoms with Gasteiger partial charge < -0.3 is 14.6 Å². The molecular formula is C14H26N2O3Si. The molecule has 0 aliphatic carbocycles. The van der Waals surface area contributed by atoms with Crippen LogP contribution in [0.4, 0.5) is 0 Å². The normalized spacial score (nSPS) is 16.8. The summed E-state index contributed by atoms with van der Waals surface area (Å²) in [5.74, 6) is -0.524. The van der Waals surface area contributed by atoms with Crippen LogP contribution in [0.3, 0.4) is 0 Å². The van der Waals surface area contributed by atoms with Crippen LogP contribution in [-0.4, -0.2) is 45.2 Å². The highest BCUT2D eigenvalue weighted by atomic mass is 28.3.